The van der Waals surface area contributed by atoms with Gasteiger partial charge in [0.2, 0.25) is 5.91 Å². The van der Waals surface area contributed by atoms with Crippen LogP contribution in [0.25, 0.3) is 22.4 Å². The first-order valence-corrected chi connectivity index (χ1v) is 8.10. The zero-order valence-corrected chi connectivity index (χ0v) is 13.9. The lowest BCUT2D eigenvalue weighted by Crippen LogP contribution is -2.11. The monoisotopic (exact) mass is 377 g/mol. The molecule has 0 bridgehead atoms. The second kappa shape index (κ2) is 6.50. The van der Waals surface area contributed by atoms with Gasteiger partial charge in [0.25, 0.3) is 0 Å². The summed E-state index contributed by atoms with van der Waals surface area (Å²) < 4.78 is 1.02. The van der Waals surface area contributed by atoms with E-state index in [1.54, 1.807) is 0 Å². The number of rotatable bonds is 4. The number of imidazole rings is 1. The summed E-state index contributed by atoms with van der Waals surface area (Å²) in [5, 5.41) is 2.81. The summed E-state index contributed by atoms with van der Waals surface area (Å²) in [6.07, 6.45) is 0.296. The molecule has 2 N–H and O–H groups in total. The number of nitrogens with one attached hydrogen (secondary N) is 2. The van der Waals surface area contributed by atoms with E-state index in [0.29, 0.717) is 12.3 Å². The van der Waals surface area contributed by atoms with Crippen molar-refractivity contribution in [3.8, 4) is 11.4 Å². The van der Waals surface area contributed by atoms with E-state index in [1.165, 1.54) is 0 Å². The number of aromatic amines is 1. The molecule has 0 atom stereocenters. The van der Waals surface area contributed by atoms with Crippen molar-refractivity contribution in [2.45, 2.75) is 6.42 Å². The van der Waals surface area contributed by atoms with E-state index in [0.717, 1.165) is 32.6 Å². The Morgan fingerprint density at radius 3 is 2.73 bits per heavy atom. The van der Waals surface area contributed by atoms with E-state index in [2.05, 4.69) is 31.2 Å². The zero-order chi connectivity index (χ0) is 15.5. The van der Waals surface area contributed by atoms with Gasteiger partial charge in [0.05, 0.1) is 11.0 Å². The van der Waals surface area contributed by atoms with Crippen molar-refractivity contribution in [2.75, 3.05) is 11.2 Å². The maximum Gasteiger partial charge on any atom is 0.225 e. The van der Waals surface area contributed by atoms with Crippen LogP contribution in [-0.4, -0.2) is 21.8 Å². The maximum atomic E-state index is 11.6. The molecule has 0 saturated heterocycles. The number of hydrogen-bond acceptors (Lipinski definition) is 2. The van der Waals surface area contributed by atoms with Crippen LogP contribution in [0.1, 0.15) is 6.42 Å². The molecule has 0 aliphatic carbocycles. The Morgan fingerprint density at radius 1 is 1.23 bits per heavy atom. The Morgan fingerprint density at radius 2 is 2.00 bits per heavy atom. The van der Waals surface area contributed by atoms with E-state index in [4.69, 9.17) is 11.6 Å². The van der Waals surface area contributed by atoms with Crippen LogP contribution in [0.15, 0.2) is 46.9 Å². The minimum atomic E-state index is -0.0991. The summed E-state index contributed by atoms with van der Waals surface area (Å²) in [7, 11) is 0. The molecule has 4 nitrogen and oxygen atoms in total. The molecule has 0 aliphatic rings. The summed E-state index contributed by atoms with van der Waals surface area (Å²) in [6, 6.07) is 13.5. The second-order valence-corrected chi connectivity index (χ2v) is 6.11. The van der Waals surface area contributed by atoms with E-state index in [9.17, 15) is 4.79 Å². The highest BCUT2D eigenvalue weighted by atomic mass is 79.9. The molecule has 0 radical (unpaired) electrons. The molecule has 6 heteroatoms. The molecular formula is C16H13BrClN3O. The van der Waals surface area contributed by atoms with Crippen molar-refractivity contribution in [3.05, 3.63) is 46.9 Å². The molecule has 0 fully saturated rings. The molecule has 0 aliphatic heterocycles. The van der Waals surface area contributed by atoms with Crippen molar-refractivity contribution in [1.29, 1.82) is 0 Å². The maximum absolute atomic E-state index is 11.6. The Balaban J connectivity index is 1.90. The van der Waals surface area contributed by atoms with Crippen molar-refractivity contribution in [1.82, 2.24) is 9.97 Å². The van der Waals surface area contributed by atoms with Crippen molar-refractivity contribution in [3.63, 3.8) is 0 Å². The fraction of sp³-hybridized carbons (Fsp3) is 0.125. The van der Waals surface area contributed by atoms with E-state index < -0.39 is 0 Å². The number of alkyl halides is 1. The van der Waals surface area contributed by atoms with Crippen molar-refractivity contribution in [2.24, 2.45) is 0 Å². The number of fused-ring (bicyclic) bond motifs is 1. The fourth-order valence-electron chi connectivity index (χ4n) is 2.14. The Labute approximate surface area is 141 Å². The van der Waals surface area contributed by atoms with Gasteiger partial charge in [-0.3, -0.25) is 4.79 Å². The van der Waals surface area contributed by atoms with Crippen LogP contribution >= 0.6 is 27.5 Å². The normalized spacial score (nSPS) is 10.8. The number of halogens is 2. The molecule has 0 spiro atoms. The third-order valence-electron chi connectivity index (χ3n) is 3.21. The highest BCUT2D eigenvalue weighted by molar-refractivity contribution is 9.10. The molecule has 1 amide bonds. The smallest absolute Gasteiger partial charge is 0.225 e. The molecule has 2 aromatic carbocycles. The SMILES string of the molecule is O=C(CCCl)Nc1ccc2[nH]c(-c3ccc(Br)cc3)nc2c1. The molecule has 3 rings (SSSR count). The molecule has 0 saturated carbocycles. The summed E-state index contributed by atoms with van der Waals surface area (Å²) in [4.78, 5) is 19.4. The number of H-pyrrole nitrogens is 1. The van der Waals surface area contributed by atoms with Crippen LogP contribution in [-0.2, 0) is 4.79 Å². The first kappa shape index (κ1) is 15.1. The number of amides is 1. The summed E-state index contributed by atoms with van der Waals surface area (Å²) >= 11 is 8.98. The summed E-state index contributed by atoms with van der Waals surface area (Å²) in [5.74, 6) is 1.01. The molecular weight excluding hydrogens is 366 g/mol. The molecule has 1 heterocycles. The number of nitrogens with zero attached hydrogens (tertiary/aromatic N) is 1. The highest BCUT2D eigenvalue weighted by Gasteiger charge is 2.07. The van der Waals surface area contributed by atoms with Crippen molar-refractivity contribution >= 4 is 50.2 Å². The summed E-state index contributed by atoms with van der Waals surface area (Å²) in [6.45, 7) is 0. The first-order valence-electron chi connectivity index (χ1n) is 6.77. The number of hydrogen-bond donors (Lipinski definition) is 2. The number of benzene rings is 2. The van der Waals surface area contributed by atoms with Crippen LogP contribution in [0.2, 0.25) is 0 Å². The lowest BCUT2D eigenvalue weighted by atomic mass is 10.2. The van der Waals surface area contributed by atoms with Gasteiger partial charge in [-0.15, -0.1) is 11.6 Å². The van der Waals surface area contributed by atoms with Crippen LogP contribution in [0.5, 0.6) is 0 Å². The lowest BCUT2D eigenvalue weighted by Gasteiger charge is -2.02. The molecule has 22 heavy (non-hydrogen) atoms. The predicted molar refractivity (Wildman–Crippen MR) is 93.2 cm³/mol. The Kier molecular flexibility index (Phi) is 4.45. The van der Waals surface area contributed by atoms with Crippen molar-refractivity contribution < 1.29 is 4.79 Å². The molecule has 1 aromatic heterocycles. The number of anilines is 1. The van der Waals surface area contributed by atoms with Gasteiger partial charge in [-0.2, -0.15) is 0 Å². The molecule has 112 valence electrons. The lowest BCUT2D eigenvalue weighted by molar-refractivity contribution is -0.115. The van der Waals surface area contributed by atoms with E-state index in [1.807, 2.05) is 42.5 Å². The number of carbonyl (C=O) groups excluding carboxylic acids is 1. The predicted octanol–water partition coefficient (Wildman–Crippen LogP) is 4.56. The van der Waals surface area contributed by atoms with Gasteiger partial charge in [-0.05, 0) is 30.3 Å². The third kappa shape index (κ3) is 3.31. The first-order chi connectivity index (χ1) is 10.7. The minimum Gasteiger partial charge on any atom is -0.338 e. The molecule has 3 aromatic rings. The summed E-state index contributed by atoms with van der Waals surface area (Å²) in [5.41, 5.74) is 3.46. The average molecular weight is 379 g/mol. The van der Waals surface area contributed by atoms with Crippen LogP contribution in [0.4, 0.5) is 5.69 Å². The standard InChI is InChI=1S/C16H13BrClN3O/c17-11-3-1-10(2-4-11)16-20-13-6-5-12(9-14(13)21-16)19-15(22)7-8-18/h1-6,9H,7-8H2,(H,19,22)(H,20,21). The van der Waals surface area contributed by atoms with E-state index in [-0.39, 0.29) is 5.91 Å². The van der Waals surface area contributed by atoms with Gasteiger partial charge in [0.1, 0.15) is 5.82 Å². The van der Waals surface area contributed by atoms with Gasteiger partial charge < -0.3 is 10.3 Å². The van der Waals surface area contributed by atoms with Crippen LogP contribution in [0, 0.1) is 0 Å². The van der Waals surface area contributed by atoms with Crippen LogP contribution < -0.4 is 5.32 Å². The van der Waals surface area contributed by atoms with Crippen LogP contribution in [0.3, 0.4) is 0 Å². The second-order valence-electron chi connectivity index (χ2n) is 4.81. The Bertz CT molecular complexity index is 814. The zero-order valence-electron chi connectivity index (χ0n) is 11.6. The average Bonchev–Trinajstić information content (AvgIpc) is 2.91. The number of aromatic nitrogens is 2. The van der Waals surface area contributed by atoms with Gasteiger partial charge in [-0.1, -0.05) is 28.1 Å². The largest absolute Gasteiger partial charge is 0.338 e. The van der Waals surface area contributed by atoms with Gasteiger partial charge in [-0.25, -0.2) is 4.98 Å². The number of carbonyl (C=O) groups is 1. The van der Waals surface area contributed by atoms with Gasteiger partial charge in [0.15, 0.2) is 0 Å². The third-order valence-corrected chi connectivity index (χ3v) is 3.92. The minimum absolute atomic E-state index is 0.0991. The Hall–Kier alpha value is -1.85. The quantitative estimate of drug-likeness (QED) is 0.654. The van der Waals surface area contributed by atoms with Gasteiger partial charge >= 0.3 is 0 Å². The van der Waals surface area contributed by atoms with Gasteiger partial charge in [0, 0.05) is 28.0 Å². The molecule has 0 unspecified atom stereocenters. The van der Waals surface area contributed by atoms with E-state index >= 15 is 0 Å². The topological polar surface area (TPSA) is 57.8 Å². The highest BCUT2D eigenvalue weighted by Crippen LogP contribution is 2.24. The fourth-order valence-corrected chi connectivity index (χ4v) is 2.57.